The summed E-state index contributed by atoms with van der Waals surface area (Å²) in [7, 11) is -1.81. The van der Waals surface area contributed by atoms with Crippen molar-refractivity contribution in [1.29, 1.82) is 0 Å². The summed E-state index contributed by atoms with van der Waals surface area (Å²) in [5.74, 6) is 0. The Balaban J connectivity index is 1.63. The first-order valence-electron chi connectivity index (χ1n) is 17.0. The number of rotatable bonds is 14. The summed E-state index contributed by atoms with van der Waals surface area (Å²) < 4.78 is 2.19. The minimum Gasteiger partial charge on any atom is -0.0654 e. The van der Waals surface area contributed by atoms with Gasteiger partial charge >= 0.3 is 0 Å². The SMILES string of the molecule is CCCCCCCC[Si](C)(C)c1cc(C=C(c2ccccc2)c2ccc(Br)cc2)ccc1C=C(c1ccccc1)c1ccc(Br)cc1. The fourth-order valence-electron chi connectivity index (χ4n) is 6.34. The second-order valence-electron chi connectivity index (χ2n) is 13.1. The molecule has 0 saturated heterocycles. The van der Waals surface area contributed by atoms with Gasteiger partial charge in [0.15, 0.2) is 0 Å². The molecule has 5 aromatic carbocycles. The van der Waals surface area contributed by atoms with E-state index in [2.05, 4.69) is 191 Å². The van der Waals surface area contributed by atoms with E-state index in [1.54, 1.807) is 0 Å². The molecule has 47 heavy (non-hydrogen) atoms. The van der Waals surface area contributed by atoms with E-state index in [0.29, 0.717) is 0 Å². The number of benzene rings is 5. The maximum Gasteiger partial charge on any atom is 0.0814 e. The van der Waals surface area contributed by atoms with Crippen LogP contribution in [0, 0.1) is 0 Å². The van der Waals surface area contributed by atoms with Crippen LogP contribution in [0.15, 0.2) is 136 Å². The van der Waals surface area contributed by atoms with Gasteiger partial charge in [-0.1, -0.05) is 205 Å². The molecule has 5 rings (SSSR count). The summed E-state index contributed by atoms with van der Waals surface area (Å²) in [4.78, 5) is 0. The van der Waals surface area contributed by atoms with Crippen LogP contribution in [0.4, 0.5) is 0 Å². The van der Waals surface area contributed by atoms with Gasteiger partial charge in [-0.25, -0.2) is 0 Å². The topological polar surface area (TPSA) is 0 Å². The minimum atomic E-state index is -1.81. The lowest BCUT2D eigenvalue weighted by atomic mass is 9.94. The standard InChI is InChI=1S/C44H46Br2Si/c1-4-5-6-7-8-15-30-47(2,3)44-32-34(31-42(35-16-11-9-12-17-35)37-22-26-40(45)27-23-37)20-21-39(44)33-43(36-18-13-10-14-19-36)38-24-28-41(46)29-25-38/h9-14,16-29,31-33H,4-8,15,30H2,1-3H3. The van der Waals surface area contributed by atoms with Crippen molar-refractivity contribution in [2.24, 2.45) is 0 Å². The Kier molecular flexibility index (Phi) is 12.9. The maximum atomic E-state index is 3.64. The van der Waals surface area contributed by atoms with Crippen molar-refractivity contribution in [3.05, 3.63) is 170 Å². The average Bonchev–Trinajstić information content (AvgIpc) is 3.09. The molecule has 0 heterocycles. The van der Waals surface area contributed by atoms with Crippen molar-refractivity contribution in [2.45, 2.75) is 64.6 Å². The molecule has 0 aliphatic rings. The van der Waals surface area contributed by atoms with E-state index in [0.717, 1.165) is 8.95 Å². The van der Waals surface area contributed by atoms with Crippen LogP contribution >= 0.6 is 31.9 Å². The first kappa shape index (κ1) is 35.1. The fourth-order valence-corrected chi connectivity index (χ4v) is 9.77. The molecule has 0 aromatic heterocycles. The van der Waals surface area contributed by atoms with E-state index in [1.807, 2.05) is 0 Å². The quantitative estimate of drug-likeness (QED) is 0.0600. The zero-order valence-corrected chi connectivity index (χ0v) is 32.2. The molecule has 0 atom stereocenters. The van der Waals surface area contributed by atoms with Gasteiger partial charge in [0.05, 0.1) is 8.07 Å². The predicted octanol–water partition coefficient (Wildman–Crippen LogP) is 13.7. The molecule has 240 valence electrons. The van der Waals surface area contributed by atoms with E-state index >= 15 is 0 Å². The third-order valence-electron chi connectivity index (χ3n) is 9.05. The summed E-state index contributed by atoms with van der Waals surface area (Å²) in [5.41, 5.74) is 10.0. The molecule has 0 N–H and O–H groups in total. The van der Waals surface area contributed by atoms with Gasteiger partial charge in [0.2, 0.25) is 0 Å². The van der Waals surface area contributed by atoms with Crippen molar-refractivity contribution in [3.8, 4) is 0 Å². The molecule has 0 radical (unpaired) electrons. The molecule has 0 bridgehead atoms. The Morgan fingerprint density at radius 3 is 1.53 bits per heavy atom. The van der Waals surface area contributed by atoms with Crippen LogP contribution in [0.2, 0.25) is 19.1 Å². The van der Waals surface area contributed by atoms with Gasteiger partial charge in [0.25, 0.3) is 0 Å². The van der Waals surface area contributed by atoms with Gasteiger partial charge in [-0.3, -0.25) is 0 Å². The summed E-state index contributed by atoms with van der Waals surface area (Å²) in [5, 5.41) is 1.54. The lowest BCUT2D eigenvalue weighted by molar-refractivity contribution is 0.623. The Hall–Kier alpha value is -3.24. The Morgan fingerprint density at radius 1 is 0.532 bits per heavy atom. The molecule has 0 spiro atoms. The van der Waals surface area contributed by atoms with Gasteiger partial charge in [0, 0.05) is 8.95 Å². The van der Waals surface area contributed by atoms with Crippen LogP contribution in [-0.2, 0) is 0 Å². The highest BCUT2D eigenvalue weighted by atomic mass is 79.9. The van der Waals surface area contributed by atoms with Crippen LogP contribution in [0.25, 0.3) is 23.3 Å². The lowest BCUT2D eigenvalue weighted by Gasteiger charge is -2.26. The van der Waals surface area contributed by atoms with Gasteiger partial charge in [-0.05, 0) is 80.9 Å². The van der Waals surface area contributed by atoms with Gasteiger partial charge in [-0.2, -0.15) is 0 Å². The van der Waals surface area contributed by atoms with Crippen LogP contribution in [0.1, 0.15) is 78.8 Å². The summed E-state index contributed by atoms with van der Waals surface area (Å²) in [6.45, 7) is 7.45. The Morgan fingerprint density at radius 2 is 1.00 bits per heavy atom. The zero-order valence-electron chi connectivity index (χ0n) is 28.0. The molecule has 0 saturated carbocycles. The molecule has 0 aliphatic heterocycles. The maximum absolute atomic E-state index is 3.64. The van der Waals surface area contributed by atoms with Crippen LogP contribution in [-0.4, -0.2) is 8.07 Å². The third-order valence-corrected chi connectivity index (χ3v) is 13.6. The second kappa shape index (κ2) is 17.2. The number of hydrogen-bond donors (Lipinski definition) is 0. The van der Waals surface area contributed by atoms with Crippen molar-refractivity contribution in [1.82, 2.24) is 0 Å². The molecule has 0 fully saturated rings. The van der Waals surface area contributed by atoms with E-state index in [1.165, 1.54) is 94.3 Å². The Bertz CT molecular complexity index is 1770. The largest absolute Gasteiger partial charge is 0.0814 e. The van der Waals surface area contributed by atoms with Gasteiger partial charge in [0.1, 0.15) is 0 Å². The van der Waals surface area contributed by atoms with Gasteiger partial charge in [-0.15, -0.1) is 0 Å². The van der Waals surface area contributed by atoms with E-state index in [-0.39, 0.29) is 0 Å². The third kappa shape index (κ3) is 9.89. The van der Waals surface area contributed by atoms with E-state index in [4.69, 9.17) is 0 Å². The van der Waals surface area contributed by atoms with Crippen molar-refractivity contribution in [3.63, 3.8) is 0 Å². The molecule has 0 unspecified atom stereocenters. The van der Waals surface area contributed by atoms with E-state index < -0.39 is 8.07 Å². The Labute approximate surface area is 301 Å². The van der Waals surface area contributed by atoms with Crippen molar-refractivity contribution >= 4 is 68.4 Å². The number of hydrogen-bond acceptors (Lipinski definition) is 0. The average molecular weight is 763 g/mol. The van der Waals surface area contributed by atoms with Gasteiger partial charge < -0.3 is 0 Å². The smallest absolute Gasteiger partial charge is 0.0654 e. The summed E-state index contributed by atoms with van der Waals surface area (Å²) in [6.07, 6.45) is 12.8. The fraction of sp³-hybridized carbons (Fsp3) is 0.227. The second-order valence-corrected chi connectivity index (χ2v) is 19.7. The summed E-state index contributed by atoms with van der Waals surface area (Å²) in [6, 6.07) is 47.6. The highest BCUT2D eigenvalue weighted by Gasteiger charge is 2.26. The molecule has 0 aliphatic carbocycles. The molecule has 5 aromatic rings. The number of halogens is 2. The van der Waals surface area contributed by atoms with Crippen LogP contribution in [0.5, 0.6) is 0 Å². The highest BCUT2D eigenvalue weighted by Crippen LogP contribution is 2.31. The monoisotopic (exact) mass is 760 g/mol. The van der Waals surface area contributed by atoms with Crippen molar-refractivity contribution in [2.75, 3.05) is 0 Å². The normalized spacial score (nSPS) is 12.4. The first-order valence-corrected chi connectivity index (χ1v) is 21.8. The summed E-state index contributed by atoms with van der Waals surface area (Å²) >= 11 is 7.27. The minimum absolute atomic E-state index is 1.09. The van der Waals surface area contributed by atoms with Crippen molar-refractivity contribution < 1.29 is 0 Å². The molecule has 3 heteroatoms. The van der Waals surface area contributed by atoms with Crippen LogP contribution < -0.4 is 5.19 Å². The predicted molar refractivity (Wildman–Crippen MR) is 217 cm³/mol. The molecular weight excluding hydrogens is 716 g/mol. The molecule has 0 amide bonds. The van der Waals surface area contributed by atoms with Crippen LogP contribution in [0.3, 0.4) is 0 Å². The first-order chi connectivity index (χ1) is 22.8. The molecular formula is C44H46Br2Si. The lowest BCUT2D eigenvalue weighted by Crippen LogP contribution is -2.43. The molecule has 0 nitrogen and oxygen atoms in total. The zero-order chi connectivity index (χ0) is 33.1. The van der Waals surface area contributed by atoms with E-state index in [9.17, 15) is 0 Å². The highest BCUT2D eigenvalue weighted by molar-refractivity contribution is 9.10. The number of unbranched alkanes of at least 4 members (excludes halogenated alkanes) is 5.